The van der Waals surface area contributed by atoms with E-state index in [1.165, 1.54) is 14.2 Å². The van der Waals surface area contributed by atoms with Crippen molar-refractivity contribution in [2.45, 2.75) is 18.4 Å². The van der Waals surface area contributed by atoms with Crippen LogP contribution < -0.4 is 14.8 Å². The third-order valence-electron chi connectivity index (χ3n) is 4.47. The fourth-order valence-corrected chi connectivity index (χ4v) is 3.46. The minimum Gasteiger partial charge on any atom is -0.493 e. The topological polar surface area (TPSA) is 94.1 Å². The van der Waals surface area contributed by atoms with Crippen molar-refractivity contribution < 1.29 is 28.9 Å². The van der Waals surface area contributed by atoms with Crippen molar-refractivity contribution in [2.75, 3.05) is 26.1 Å². The molecule has 2 N–H and O–H groups in total. The SMILES string of the molecule is COc1ccc(NC(=O)C23CC(C(=O)O)(CO2)C3)c(Cl)c1OC. The molecule has 7 nitrogen and oxygen atoms in total. The lowest BCUT2D eigenvalue weighted by Crippen LogP contribution is -2.55. The van der Waals surface area contributed by atoms with Gasteiger partial charge in [0.1, 0.15) is 10.6 Å². The fourth-order valence-electron chi connectivity index (χ4n) is 3.18. The number of carboxylic acid groups (broad SMARTS) is 1. The normalized spacial score (nSPS) is 28.0. The molecule has 3 fully saturated rings. The zero-order chi connectivity index (χ0) is 16.8. The minimum absolute atomic E-state index is 0.0510. The number of methoxy groups -OCH3 is 2. The number of carbonyl (C=O) groups excluding carboxylic acids is 1. The van der Waals surface area contributed by atoms with Gasteiger partial charge in [0.05, 0.1) is 31.9 Å². The van der Waals surface area contributed by atoms with Crippen molar-refractivity contribution in [2.24, 2.45) is 5.41 Å². The van der Waals surface area contributed by atoms with Gasteiger partial charge in [0, 0.05) is 12.8 Å². The summed E-state index contributed by atoms with van der Waals surface area (Å²) in [5.41, 5.74) is -1.67. The van der Waals surface area contributed by atoms with Gasteiger partial charge in [-0.3, -0.25) is 9.59 Å². The number of hydrogen-bond donors (Lipinski definition) is 2. The van der Waals surface area contributed by atoms with Gasteiger partial charge in [0.2, 0.25) is 0 Å². The highest BCUT2D eigenvalue weighted by atomic mass is 35.5. The number of halogens is 1. The first-order valence-corrected chi connectivity index (χ1v) is 7.34. The standard InChI is InChI=1S/C15H16ClNO6/c1-21-9-4-3-8(10(16)11(9)22-2)17-12(18)15-5-14(6-15,7-23-15)13(19)20/h3-4H,5-7H2,1-2H3,(H,17,18)(H,19,20). The van der Waals surface area contributed by atoms with E-state index < -0.39 is 22.9 Å². The fraction of sp³-hybridized carbons (Fsp3) is 0.467. The number of nitrogens with one attached hydrogen (secondary N) is 1. The van der Waals surface area contributed by atoms with Gasteiger partial charge in [-0.1, -0.05) is 11.6 Å². The maximum Gasteiger partial charge on any atom is 0.312 e. The number of carboxylic acids is 1. The average molecular weight is 342 g/mol. The largest absolute Gasteiger partial charge is 0.493 e. The maximum absolute atomic E-state index is 12.5. The number of fused-ring (bicyclic) bond motifs is 1. The van der Waals surface area contributed by atoms with Crippen LogP contribution in [-0.4, -0.2) is 43.4 Å². The molecule has 0 radical (unpaired) electrons. The Kier molecular flexibility index (Phi) is 3.65. The van der Waals surface area contributed by atoms with Gasteiger partial charge < -0.3 is 24.6 Å². The monoisotopic (exact) mass is 341 g/mol. The van der Waals surface area contributed by atoms with Gasteiger partial charge in [-0.15, -0.1) is 0 Å². The summed E-state index contributed by atoms with van der Waals surface area (Å²) in [6.07, 6.45) is 0.345. The van der Waals surface area contributed by atoms with Crippen molar-refractivity contribution in [3.8, 4) is 11.5 Å². The number of rotatable bonds is 5. The molecule has 23 heavy (non-hydrogen) atoms. The summed E-state index contributed by atoms with van der Waals surface area (Å²) in [6, 6.07) is 3.21. The predicted molar refractivity (Wildman–Crippen MR) is 81.2 cm³/mol. The molecule has 0 spiro atoms. The van der Waals surface area contributed by atoms with Crippen LogP contribution in [0.4, 0.5) is 5.69 Å². The predicted octanol–water partition coefficient (Wildman–Crippen LogP) is 1.93. The Bertz CT molecular complexity index is 683. The molecule has 2 aliphatic heterocycles. The van der Waals surface area contributed by atoms with Crippen molar-refractivity contribution in [1.29, 1.82) is 0 Å². The molecular weight excluding hydrogens is 326 g/mol. The molecule has 1 aromatic rings. The van der Waals surface area contributed by atoms with Crippen molar-refractivity contribution in [3.63, 3.8) is 0 Å². The minimum atomic E-state index is -1.09. The molecule has 0 aromatic heterocycles. The molecule has 1 saturated carbocycles. The Balaban J connectivity index is 1.79. The molecule has 1 amide bonds. The molecule has 2 saturated heterocycles. The molecule has 1 aliphatic carbocycles. The highest BCUT2D eigenvalue weighted by Gasteiger charge is 2.70. The van der Waals surface area contributed by atoms with Crippen molar-refractivity contribution in [1.82, 2.24) is 0 Å². The Morgan fingerprint density at radius 1 is 1.30 bits per heavy atom. The van der Waals surface area contributed by atoms with Gasteiger partial charge in [0.25, 0.3) is 5.91 Å². The van der Waals surface area contributed by atoms with Crippen LogP contribution >= 0.6 is 11.6 Å². The van der Waals surface area contributed by atoms with Gasteiger partial charge in [-0.2, -0.15) is 0 Å². The first-order chi connectivity index (χ1) is 10.9. The Hall–Kier alpha value is -1.99. The van der Waals surface area contributed by atoms with E-state index in [1.54, 1.807) is 12.1 Å². The quantitative estimate of drug-likeness (QED) is 0.850. The first-order valence-electron chi connectivity index (χ1n) is 6.97. The third-order valence-corrected chi connectivity index (χ3v) is 4.85. The zero-order valence-electron chi connectivity index (χ0n) is 12.6. The van der Waals surface area contributed by atoms with E-state index in [-0.39, 0.29) is 24.5 Å². The van der Waals surface area contributed by atoms with Crippen molar-refractivity contribution in [3.05, 3.63) is 17.2 Å². The van der Waals surface area contributed by atoms with Gasteiger partial charge in [-0.25, -0.2) is 0 Å². The van der Waals surface area contributed by atoms with Crippen LogP contribution in [0, 0.1) is 5.41 Å². The zero-order valence-corrected chi connectivity index (χ0v) is 13.4. The van der Waals surface area contributed by atoms with Gasteiger partial charge in [0.15, 0.2) is 11.5 Å². The molecule has 8 heteroatoms. The van der Waals surface area contributed by atoms with E-state index in [1.807, 2.05) is 0 Å². The second kappa shape index (κ2) is 5.28. The van der Waals surface area contributed by atoms with E-state index >= 15 is 0 Å². The van der Waals surface area contributed by atoms with E-state index in [2.05, 4.69) is 5.32 Å². The van der Waals surface area contributed by atoms with Crippen LogP contribution in [0.5, 0.6) is 11.5 Å². The summed E-state index contributed by atoms with van der Waals surface area (Å²) < 4.78 is 15.8. The molecule has 4 rings (SSSR count). The second-order valence-electron chi connectivity index (χ2n) is 5.84. The summed E-state index contributed by atoms with van der Waals surface area (Å²) in [6.45, 7) is 0.0510. The number of benzene rings is 1. The highest BCUT2D eigenvalue weighted by molar-refractivity contribution is 6.35. The van der Waals surface area contributed by atoms with Crippen LogP contribution in [0.25, 0.3) is 0 Å². The van der Waals surface area contributed by atoms with E-state index in [4.69, 9.17) is 25.8 Å². The smallest absolute Gasteiger partial charge is 0.312 e. The third kappa shape index (κ3) is 2.22. The number of amides is 1. The van der Waals surface area contributed by atoms with Crippen molar-refractivity contribution >= 4 is 29.2 Å². The summed E-state index contributed by atoms with van der Waals surface area (Å²) in [4.78, 5) is 23.7. The molecule has 1 aromatic carbocycles. The summed E-state index contributed by atoms with van der Waals surface area (Å²) in [5, 5.41) is 12.1. The lowest BCUT2D eigenvalue weighted by molar-refractivity contribution is -0.156. The van der Waals surface area contributed by atoms with Crippen LogP contribution in [0.3, 0.4) is 0 Å². The van der Waals surface area contributed by atoms with Crippen LogP contribution in [0.15, 0.2) is 12.1 Å². The van der Waals surface area contributed by atoms with Crippen LogP contribution in [0.1, 0.15) is 12.8 Å². The van der Waals surface area contributed by atoms with E-state index in [0.29, 0.717) is 17.2 Å². The number of aliphatic carboxylic acids is 1. The summed E-state index contributed by atoms with van der Waals surface area (Å²) >= 11 is 6.22. The Morgan fingerprint density at radius 3 is 2.52 bits per heavy atom. The molecule has 124 valence electrons. The first kappa shape index (κ1) is 15.9. The molecular formula is C15H16ClNO6. The summed E-state index contributed by atoms with van der Waals surface area (Å²) in [7, 11) is 2.93. The number of hydrogen-bond acceptors (Lipinski definition) is 5. The molecule has 0 unspecified atom stereocenters. The van der Waals surface area contributed by atoms with Gasteiger partial charge in [-0.05, 0) is 12.1 Å². The number of carbonyl (C=O) groups is 2. The lowest BCUT2D eigenvalue weighted by atomic mass is 9.62. The maximum atomic E-state index is 12.5. The Labute approximate surface area is 137 Å². The number of anilines is 1. The van der Waals surface area contributed by atoms with E-state index in [9.17, 15) is 14.7 Å². The van der Waals surface area contributed by atoms with E-state index in [0.717, 1.165) is 0 Å². The molecule has 0 atom stereocenters. The second-order valence-corrected chi connectivity index (χ2v) is 6.22. The molecule has 2 bridgehead atoms. The highest BCUT2D eigenvalue weighted by Crippen LogP contribution is 2.58. The van der Waals surface area contributed by atoms with Crippen LogP contribution in [-0.2, 0) is 14.3 Å². The average Bonchev–Trinajstić information content (AvgIpc) is 3.06. The molecule has 2 heterocycles. The summed E-state index contributed by atoms with van der Waals surface area (Å²) in [5.74, 6) is -0.576. The number of ether oxygens (including phenoxy) is 3. The molecule has 3 aliphatic rings. The van der Waals surface area contributed by atoms with Gasteiger partial charge >= 0.3 is 5.97 Å². The Morgan fingerprint density at radius 2 is 2.00 bits per heavy atom. The lowest BCUT2D eigenvalue weighted by Gasteiger charge is -2.40. The van der Waals surface area contributed by atoms with Crippen LogP contribution in [0.2, 0.25) is 5.02 Å².